The van der Waals surface area contributed by atoms with Gasteiger partial charge in [-0.3, -0.25) is 9.59 Å². The van der Waals surface area contributed by atoms with Gasteiger partial charge in [-0.1, -0.05) is 36.8 Å². The minimum Gasteiger partial charge on any atom is -0.497 e. The van der Waals surface area contributed by atoms with Crippen molar-refractivity contribution in [1.29, 1.82) is 0 Å². The number of ether oxygens (including phenoxy) is 2. The number of rotatable bonds is 12. The van der Waals surface area contributed by atoms with Crippen LogP contribution in [0.25, 0.3) is 0 Å². The van der Waals surface area contributed by atoms with Gasteiger partial charge in [0.1, 0.15) is 17.5 Å². The molecular weight excluding hydrogens is 404 g/mol. The average molecular weight is 441 g/mol. The molecule has 0 saturated carbocycles. The van der Waals surface area contributed by atoms with Crippen molar-refractivity contribution in [2.24, 2.45) is 0 Å². The van der Waals surface area contributed by atoms with E-state index in [1.807, 2.05) is 69.3 Å². The quantitative estimate of drug-likeness (QED) is 0.494. The Labute approximate surface area is 191 Å². The van der Waals surface area contributed by atoms with Crippen LogP contribution in [0.4, 0.5) is 0 Å². The Kier molecular flexibility index (Phi) is 10.1. The van der Waals surface area contributed by atoms with Crippen molar-refractivity contribution < 1.29 is 19.1 Å². The van der Waals surface area contributed by atoms with Gasteiger partial charge in [-0.25, -0.2) is 0 Å². The zero-order valence-electron chi connectivity index (χ0n) is 19.9. The lowest BCUT2D eigenvalue weighted by Crippen LogP contribution is -2.49. The molecule has 0 bridgehead atoms. The number of carbonyl (C=O) groups is 2. The van der Waals surface area contributed by atoms with Gasteiger partial charge in [-0.05, 0) is 63.4 Å². The Morgan fingerprint density at radius 3 is 2.22 bits per heavy atom. The van der Waals surface area contributed by atoms with Crippen LogP contribution in [0, 0.1) is 6.92 Å². The standard InChI is InChI=1S/C26H36N2O4/c1-6-20(3)27-26(30)21(4)28(18-22-11-15-23(31-5)16-12-22)25(29)8-7-17-32-24-13-9-19(2)10-14-24/h9-16,20-21H,6-8,17-18H2,1-5H3,(H,27,30)/t20-,21+/m1/s1. The molecule has 0 heterocycles. The highest BCUT2D eigenvalue weighted by Crippen LogP contribution is 2.17. The minimum atomic E-state index is -0.573. The number of hydrogen-bond acceptors (Lipinski definition) is 4. The van der Waals surface area contributed by atoms with Crippen LogP contribution in [0.3, 0.4) is 0 Å². The number of aryl methyl sites for hydroxylation is 1. The molecule has 0 fully saturated rings. The number of methoxy groups -OCH3 is 1. The molecule has 1 N–H and O–H groups in total. The van der Waals surface area contributed by atoms with Crippen LogP contribution < -0.4 is 14.8 Å². The first-order valence-corrected chi connectivity index (χ1v) is 11.3. The highest BCUT2D eigenvalue weighted by Gasteiger charge is 2.26. The molecule has 174 valence electrons. The summed E-state index contributed by atoms with van der Waals surface area (Å²) >= 11 is 0. The number of amides is 2. The van der Waals surface area contributed by atoms with Gasteiger partial charge in [-0.2, -0.15) is 0 Å². The van der Waals surface area contributed by atoms with E-state index in [2.05, 4.69) is 5.32 Å². The van der Waals surface area contributed by atoms with E-state index >= 15 is 0 Å². The smallest absolute Gasteiger partial charge is 0.242 e. The fraction of sp³-hybridized carbons (Fsp3) is 0.462. The monoisotopic (exact) mass is 440 g/mol. The summed E-state index contributed by atoms with van der Waals surface area (Å²) in [4.78, 5) is 27.5. The summed E-state index contributed by atoms with van der Waals surface area (Å²) in [6.07, 6.45) is 1.72. The van der Waals surface area contributed by atoms with E-state index in [0.29, 0.717) is 26.0 Å². The van der Waals surface area contributed by atoms with Crippen LogP contribution in [0.15, 0.2) is 48.5 Å². The second-order valence-electron chi connectivity index (χ2n) is 8.13. The summed E-state index contributed by atoms with van der Waals surface area (Å²) in [5, 5.41) is 2.98. The SMILES string of the molecule is CC[C@@H](C)NC(=O)[C@H](C)N(Cc1ccc(OC)cc1)C(=O)CCCOc1ccc(C)cc1. The first kappa shape index (κ1) is 25.2. The summed E-state index contributed by atoms with van der Waals surface area (Å²) in [5.74, 6) is 1.33. The molecule has 0 radical (unpaired) electrons. The van der Waals surface area contributed by atoms with Crippen LogP contribution in [0.2, 0.25) is 0 Å². The molecule has 2 aromatic carbocycles. The third kappa shape index (κ3) is 7.91. The molecule has 0 aliphatic rings. The normalized spacial score (nSPS) is 12.5. The molecule has 2 aromatic rings. The van der Waals surface area contributed by atoms with Gasteiger partial charge in [-0.15, -0.1) is 0 Å². The molecule has 6 nitrogen and oxygen atoms in total. The number of benzene rings is 2. The minimum absolute atomic E-state index is 0.0609. The van der Waals surface area contributed by atoms with E-state index in [1.165, 1.54) is 5.56 Å². The van der Waals surface area contributed by atoms with Gasteiger partial charge >= 0.3 is 0 Å². The van der Waals surface area contributed by atoms with E-state index < -0.39 is 6.04 Å². The fourth-order valence-corrected chi connectivity index (χ4v) is 3.17. The predicted octanol–water partition coefficient (Wildman–Crippen LogP) is 4.49. The van der Waals surface area contributed by atoms with Crippen molar-refractivity contribution in [3.8, 4) is 11.5 Å². The zero-order chi connectivity index (χ0) is 23.5. The first-order chi connectivity index (χ1) is 15.3. The molecule has 0 saturated heterocycles. The summed E-state index contributed by atoms with van der Waals surface area (Å²) < 4.78 is 11.0. The van der Waals surface area contributed by atoms with Crippen molar-refractivity contribution in [1.82, 2.24) is 10.2 Å². The van der Waals surface area contributed by atoms with Gasteiger partial charge in [0.15, 0.2) is 0 Å². The maximum Gasteiger partial charge on any atom is 0.242 e. The Morgan fingerprint density at radius 1 is 1.00 bits per heavy atom. The lowest BCUT2D eigenvalue weighted by molar-refractivity contribution is -0.141. The molecular formula is C26H36N2O4. The zero-order valence-corrected chi connectivity index (χ0v) is 19.9. The van der Waals surface area contributed by atoms with Crippen molar-refractivity contribution in [2.75, 3.05) is 13.7 Å². The second kappa shape index (κ2) is 12.7. The third-order valence-electron chi connectivity index (χ3n) is 5.50. The Hall–Kier alpha value is -3.02. The lowest BCUT2D eigenvalue weighted by atomic mass is 10.1. The van der Waals surface area contributed by atoms with Crippen LogP contribution in [-0.2, 0) is 16.1 Å². The number of hydrogen-bond donors (Lipinski definition) is 1. The van der Waals surface area contributed by atoms with Gasteiger partial charge < -0.3 is 19.7 Å². The number of nitrogens with zero attached hydrogens (tertiary/aromatic N) is 1. The van der Waals surface area contributed by atoms with Gasteiger partial charge in [0.05, 0.1) is 13.7 Å². The van der Waals surface area contributed by atoms with Crippen LogP contribution >= 0.6 is 0 Å². The average Bonchev–Trinajstić information content (AvgIpc) is 2.81. The van der Waals surface area contributed by atoms with E-state index in [9.17, 15) is 9.59 Å². The number of nitrogens with one attached hydrogen (secondary N) is 1. The molecule has 0 aliphatic carbocycles. The summed E-state index contributed by atoms with van der Waals surface area (Å²) in [7, 11) is 1.62. The maximum absolute atomic E-state index is 13.1. The van der Waals surface area contributed by atoms with Crippen LogP contribution in [0.5, 0.6) is 11.5 Å². The molecule has 32 heavy (non-hydrogen) atoms. The topological polar surface area (TPSA) is 67.9 Å². The highest BCUT2D eigenvalue weighted by molar-refractivity contribution is 5.87. The molecule has 0 aliphatic heterocycles. The highest BCUT2D eigenvalue weighted by atomic mass is 16.5. The van der Waals surface area contributed by atoms with Gasteiger partial charge in [0, 0.05) is 19.0 Å². The molecule has 2 rings (SSSR count). The van der Waals surface area contributed by atoms with E-state index in [0.717, 1.165) is 23.5 Å². The van der Waals surface area contributed by atoms with E-state index in [4.69, 9.17) is 9.47 Å². The van der Waals surface area contributed by atoms with Crippen molar-refractivity contribution in [2.45, 2.75) is 65.6 Å². The molecule has 6 heteroatoms. The van der Waals surface area contributed by atoms with Gasteiger partial charge in [0.25, 0.3) is 0 Å². The van der Waals surface area contributed by atoms with E-state index in [1.54, 1.807) is 18.9 Å². The summed E-state index contributed by atoms with van der Waals surface area (Å²) in [6, 6.07) is 14.9. The Balaban J connectivity index is 2.01. The predicted molar refractivity (Wildman–Crippen MR) is 127 cm³/mol. The first-order valence-electron chi connectivity index (χ1n) is 11.3. The summed E-state index contributed by atoms with van der Waals surface area (Å²) in [5.41, 5.74) is 2.12. The third-order valence-corrected chi connectivity index (χ3v) is 5.50. The lowest BCUT2D eigenvalue weighted by Gasteiger charge is -2.30. The van der Waals surface area contributed by atoms with Crippen LogP contribution in [0.1, 0.15) is 51.2 Å². The molecule has 0 spiro atoms. The Morgan fingerprint density at radius 2 is 1.62 bits per heavy atom. The van der Waals surface area contributed by atoms with Crippen molar-refractivity contribution in [3.05, 3.63) is 59.7 Å². The fourth-order valence-electron chi connectivity index (χ4n) is 3.17. The molecule has 2 atom stereocenters. The maximum atomic E-state index is 13.1. The van der Waals surface area contributed by atoms with Gasteiger partial charge in [0.2, 0.25) is 11.8 Å². The molecule has 0 unspecified atom stereocenters. The largest absolute Gasteiger partial charge is 0.497 e. The molecule has 0 aromatic heterocycles. The van der Waals surface area contributed by atoms with Crippen molar-refractivity contribution >= 4 is 11.8 Å². The van der Waals surface area contributed by atoms with Crippen molar-refractivity contribution in [3.63, 3.8) is 0 Å². The molecule has 2 amide bonds. The van der Waals surface area contributed by atoms with Crippen LogP contribution in [-0.4, -0.2) is 42.5 Å². The van der Waals surface area contributed by atoms with E-state index in [-0.39, 0.29) is 17.9 Å². The second-order valence-corrected chi connectivity index (χ2v) is 8.13. The summed E-state index contributed by atoms with van der Waals surface area (Å²) in [6.45, 7) is 8.59. The Bertz CT molecular complexity index is 849. The number of carbonyl (C=O) groups excluding carboxylic acids is 2.